The number of aliphatic hydroxyl groups is 1. The summed E-state index contributed by atoms with van der Waals surface area (Å²) >= 11 is 0. The highest BCUT2D eigenvalue weighted by Gasteiger charge is 2.45. The number of likely N-dealkylation sites (tertiary alicyclic amines) is 1. The molecule has 1 saturated heterocycles. The van der Waals surface area contributed by atoms with Crippen molar-refractivity contribution in [2.45, 2.75) is 77.0 Å². The lowest BCUT2D eigenvalue weighted by atomic mass is 9.85. The Labute approximate surface area is 221 Å². The summed E-state index contributed by atoms with van der Waals surface area (Å²) in [7, 11) is 1.89. The van der Waals surface area contributed by atoms with Crippen LogP contribution < -0.4 is 5.32 Å². The SMILES string of the molecule is Cn1c(CCCNC(=O)C2CC(O)CN2C(=O)[C@@H](n2cc(C3CC3)nn2)C(C)(C)C)nc2cc(F)ccc21. The number of benzene rings is 1. The van der Waals surface area contributed by atoms with Crippen molar-refractivity contribution in [1.82, 2.24) is 34.8 Å². The lowest BCUT2D eigenvalue weighted by molar-refractivity contribution is -0.144. The van der Waals surface area contributed by atoms with E-state index in [-0.39, 0.29) is 30.6 Å². The molecule has 10 nitrogen and oxygen atoms in total. The monoisotopic (exact) mass is 525 g/mol. The second-order valence-electron chi connectivity index (χ2n) is 11.7. The summed E-state index contributed by atoms with van der Waals surface area (Å²) in [4.78, 5) is 33.0. The maximum Gasteiger partial charge on any atom is 0.248 e. The highest BCUT2D eigenvalue weighted by molar-refractivity contribution is 5.90. The maximum atomic E-state index is 13.8. The summed E-state index contributed by atoms with van der Waals surface area (Å²) in [5.74, 6) is 0.365. The number of aliphatic hydroxyl groups excluding tert-OH is 1. The standard InChI is InChI=1S/C27H36FN7O3/c1-27(2,3)24(35-15-20(31-32-35)16-7-8-16)26(38)34-14-18(36)13-22(34)25(37)29-11-5-6-23-30-19-12-17(28)9-10-21(19)33(23)4/h9-10,12,15-16,18,22,24,36H,5-8,11,13-14H2,1-4H3,(H,29,37)/t18?,22?,24-/m1/s1. The Morgan fingerprint density at radius 2 is 2.03 bits per heavy atom. The molecule has 2 aromatic heterocycles. The first-order valence-electron chi connectivity index (χ1n) is 13.3. The van der Waals surface area contributed by atoms with Gasteiger partial charge in [-0.25, -0.2) is 14.1 Å². The summed E-state index contributed by atoms with van der Waals surface area (Å²) < 4.78 is 17.1. The van der Waals surface area contributed by atoms with Gasteiger partial charge in [-0.05, 0) is 36.8 Å². The van der Waals surface area contributed by atoms with E-state index in [4.69, 9.17) is 0 Å². The molecule has 3 atom stereocenters. The maximum absolute atomic E-state index is 13.8. The number of amides is 2. The fourth-order valence-electron chi connectivity index (χ4n) is 5.35. The number of imidazole rings is 1. The Bertz CT molecular complexity index is 1340. The van der Waals surface area contributed by atoms with Crippen LogP contribution in [0, 0.1) is 11.2 Å². The van der Waals surface area contributed by atoms with Crippen LogP contribution in [0.3, 0.4) is 0 Å². The molecule has 2 aliphatic rings. The quantitative estimate of drug-likeness (QED) is 0.437. The summed E-state index contributed by atoms with van der Waals surface area (Å²) in [6, 6.07) is 3.12. The topological polar surface area (TPSA) is 118 Å². The van der Waals surface area contributed by atoms with E-state index in [1.54, 1.807) is 10.7 Å². The highest BCUT2D eigenvalue weighted by Crippen LogP contribution is 2.40. The van der Waals surface area contributed by atoms with Crippen LogP contribution in [-0.4, -0.2) is 71.6 Å². The summed E-state index contributed by atoms with van der Waals surface area (Å²) in [5, 5.41) is 21.9. The molecule has 1 saturated carbocycles. The van der Waals surface area contributed by atoms with Crippen molar-refractivity contribution >= 4 is 22.8 Å². The van der Waals surface area contributed by atoms with Crippen LogP contribution in [-0.2, 0) is 23.1 Å². The van der Waals surface area contributed by atoms with Gasteiger partial charge < -0.3 is 19.9 Å². The first kappa shape index (κ1) is 26.3. The molecule has 1 aliphatic carbocycles. The van der Waals surface area contributed by atoms with Crippen molar-refractivity contribution in [2.24, 2.45) is 12.5 Å². The number of β-amino-alcohol motifs (C(OH)–C–C–N with tert-alkyl or cyclic N) is 1. The van der Waals surface area contributed by atoms with E-state index in [9.17, 15) is 19.1 Å². The van der Waals surface area contributed by atoms with E-state index in [0.29, 0.717) is 30.8 Å². The molecule has 1 aliphatic heterocycles. The highest BCUT2D eigenvalue weighted by atomic mass is 19.1. The van der Waals surface area contributed by atoms with Crippen LogP contribution in [0.25, 0.3) is 11.0 Å². The van der Waals surface area contributed by atoms with Crippen molar-refractivity contribution in [3.05, 3.63) is 41.7 Å². The van der Waals surface area contributed by atoms with Gasteiger partial charge in [-0.15, -0.1) is 5.10 Å². The predicted octanol–water partition coefficient (Wildman–Crippen LogP) is 2.48. The van der Waals surface area contributed by atoms with Crippen molar-refractivity contribution < 1.29 is 19.1 Å². The molecule has 5 rings (SSSR count). The molecule has 11 heteroatoms. The average molecular weight is 526 g/mol. The van der Waals surface area contributed by atoms with E-state index in [1.807, 2.05) is 38.6 Å². The number of halogens is 1. The molecule has 204 valence electrons. The van der Waals surface area contributed by atoms with Gasteiger partial charge in [0.15, 0.2) is 0 Å². The molecule has 2 unspecified atom stereocenters. The van der Waals surface area contributed by atoms with Gasteiger partial charge in [0.25, 0.3) is 0 Å². The van der Waals surface area contributed by atoms with Crippen molar-refractivity contribution in [1.29, 1.82) is 0 Å². The number of fused-ring (bicyclic) bond motifs is 1. The normalized spacial score (nSPS) is 20.7. The molecule has 2 amide bonds. The van der Waals surface area contributed by atoms with Gasteiger partial charge in [-0.3, -0.25) is 9.59 Å². The van der Waals surface area contributed by atoms with Crippen molar-refractivity contribution in [3.8, 4) is 0 Å². The first-order valence-corrected chi connectivity index (χ1v) is 13.3. The first-order chi connectivity index (χ1) is 18.0. The Balaban J connectivity index is 1.23. The molecule has 38 heavy (non-hydrogen) atoms. The second-order valence-corrected chi connectivity index (χ2v) is 11.7. The summed E-state index contributed by atoms with van der Waals surface area (Å²) in [6.07, 6.45) is 4.67. The minimum absolute atomic E-state index is 0.101. The molecular formula is C27H36FN7O3. The zero-order chi connectivity index (χ0) is 27.2. The minimum atomic E-state index is -0.770. The summed E-state index contributed by atoms with van der Waals surface area (Å²) in [6.45, 7) is 6.38. The van der Waals surface area contributed by atoms with Gasteiger partial charge in [0.2, 0.25) is 11.8 Å². The number of aryl methyl sites for hydroxylation is 2. The van der Waals surface area contributed by atoms with Gasteiger partial charge in [-0.1, -0.05) is 26.0 Å². The number of nitrogens with zero attached hydrogens (tertiary/aromatic N) is 6. The number of rotatable bonds is 8. The van der Waals surface area contributed by atoms with Crippen molar-refractivity contribution in [3.63, 3.8) is 0 Å². The second kappa shape index (κ2) is 10.1. The molecule has 0 bridgehead atoms. The fraction of sp³-hybridized carbons (Fsp3) is 0.593. The van der Waals surface area contributed by atoms with E-state index in [0.717, 1.165) is 29.9 Å². The molecule has 1 aromatic carbocycles. The van der Waals surface area contributed by atoms with E-state index < -0.39 is 23.6 Å². The number of nitrogens with one attached hydrogen (secondary N) is 1. The molecule has 0 spiro atoms. The number of aromatic nitrogens is 5. The van der Waals surface area contributed by atoms with Gasteiger partial charge in [0.05, 0.1) is 22.8 Å². The molecule has 3 aromatic rings. The summed E-state index contributed by atoms with van der Waals surface area (Å²) in [5.41, 5.74) is 1.87. The number of carbonyl (C=O) groups excluding carboxylic acids is 2. The van der Waals surface area contributed by atoms with E-state index in [2.05, 4.69) is 20.6 Å². The Morgan fingerprint density at radius 1 is 1.26 bits per heavy atom. The van der Waals surface area contributed by atoms with Gasteiger partial charge in [-0.2, -0.15) is 0 Å². The van der Waals surface area contributed by atoms with Gasteiger partial charge in [0.1, 0.15) is 23.7 Å². The Morgan fingerprint density at radius 3 is 2.74 bits per heavy atom. The Kier molecular flexibility index (Phi) is 6.97. The van der Waals surface area contributed by atoms with Crippen LogP contribution in [0.4, 0.5) is 4.39 Å². The van der Waals surface area contributed by atoms with Crippen LogP contribution in [0.5, 0.6) is 0 Å². The Hall–Kier alpha value is -3.34. The third-order valence-electron chi connectivity index (χ3n) is 7.52. The number of hydrogen-bond donors (Lipinski definition) is 2. The number of hydrogen-bond acceptors (Lipinski definition) is 6. The third kappa shape index (κ3) is 5.29. The molecule has 2 N–H and O–H groups in total. The van der Waals surface area contributed by atoms with Crippen molar-refractivity contribution in [2.75, 3.05) is 13.1 Å². The lowest BCUT2D eigenvalue weighted by Crippen LogP contribution is -2.50. The average Bonchev–Trinajstić information content (AvgIpc) is 3.33. The molecular weight excluding hydrogens is 489 g/mol. The van der Waals surface area contributed by atoms with Crippen LogP contribution in [0.15, 0.2) is 24.4 Å². The largest absolute Gasteiger partial charge is 0.391 e. The predicted molar refractivity (Wildman–Crippen MR) is 139 cm³/mol. The smallest absolute Gasteiger partial charge is 0.248 e. The fourth-order valence-corrected chi connectivity index (χ4v) is 5.35. The van der Waals surface area contributed by atoms with Crippen LogP contribution >= 0.6 is 0 Å². The number of carbonyl (C=O) groups is 2. The third-order valence-corrected chi connectivity index (χ3v) is 7.52. The van der Waals surface area contributed by atoms with Crippen LogP contribution in [0.2, 0.25) is 0 Å². The minimum Gasteiger partial charge on any atom is -0.391 e. The van der Waals surface area contributed by atoms with Gasteiger partial charge in [0, 0.05) is 51.2 Å². The van der Waals surface area contributed by atoms with Gasteiger partial charge >= 0.3 is 0 Å². The zero-order valence-electron chi connectivity index (χ0n) is 22.4. The van der Waals surface area contributed by atoms with Crippen LogP contribution in [0.1, 0.15) is 69.9 Å². The molecule has 0 radical (unpaired) electrons. The van der Waals surface area contributed by atoms with E-state index in [1.165, 1.54) is 17.0 Å². The lowest BCUT2D eigenvalue weighted by Gasteiger charge is -2.34. The van der Waals surface area contributed by atoms with E-state index >= 15 is 0 Å². The molecule has 3 heterocycles. The molecule has 2 fully saturated rings. The zero-order valence-corrected chi connectivity index (χ0v) is 22.4.